The Morgan fingerprint density at radius 3 is 2.76 bits per heavy atom. The van der Waals surface area contributed by atoms with Crippen LogP contribution in [-0.2, 0) is 6.42 Å². The Morgan fingerprint density at radius 1 is 1.35 bits per heavy atom. The zero-order valence-electron chi connectivity index (χ0n) is 10.7. The first-order valence-corrected chi connectivity index (χ1v) is 7.08. The van der Waals surface area contributed by atoms with E-state index in [0.717, 1.165) is 11.9 Å². The summed E-state index contributed by atoms with van der Waals surface area (Å²) in [6.07, 6.45) is 2.27. The highest BCUT2D eigenvalue weighted by molar-refractivity contribution is 7.18. The van der Waals surface area contributed by atoms with E-state index < -0.39 is 0 Å². The molecule has 17 heavy (non-hydrogen) atoms. The van der Waals surface area contributed by atoms with Crippen LogP contribution in [0, 0.1) is 5.92 Å². The molecule has 2 rings (SSSR count). The van der Waals surface area contributed by atoms with E-state index in [4.69, 9.17) is 4.98 Å². The van der Waals surface area contributed by atoms with E-state index in [9.17, 15) is 0 Å². The van der Waals surface area contributed by atoms with Crippen molar-refractivity contribution in [2.75, 3.05) is 7.05 Å². The molecule has 0 amide bonds. The van der Waals surface area contributed by atoms with Gasteiger partial charge in [-0.15, -0.1) is 11.3 Å². The van der Waals surface area contributed by atoms with Crippen LogP contribution in [0.1, 0.15) is 25.3 Å². The number of rotatable bonds is 5. The maximum Gasteiger partial charge on any atom is 0.0941 e. The average Bonchev–Trinajstić information content (AvgIpc) is 2.77. The van der Waals surface area contributed by atoms with Crippen molar-refractivity contribution in [1.29, 1.82) is 0 Å². The molecule has 0 aliphatic carbocycles. The fraction of sp³-hybridized carbons (Fsp3) is 0.500. The smallest absolute Gasteiger partial charge is 0.0941 e. The number of hydrogen-bond acceptors (Lipinski definition) is 3. The number of benzene rings is 1. The van der Waals surface area contributed by atoms with E-state index >= 15 is 0 Å². The molecule has 0 saturated heterocycles. The van der Waals surface area contributed by atoms with E-state index in [2.05, 4.69) is 43.4 Å². The summed E-state index contributed by atoms with van der Waals surface area (Å²) in [5, 5.41) is 4.61. The second-order valence-corrected chi connectivity index (χ2v) is 5.64. The van der Waals surface area contributed by atoms with Crippen LogP contribution in [0.25, 0.3) is 10.2 Å². The third-order valence-corrected chi connectivity index (χ3v) is 4.52. The molecule has 1 aromatic heterocycles. The second kappa shape index (κ2) is 5.61. The third kappa shape index (κ3) is 2.85. The Bertz CT molecular complexity index is 445. The normalized spacial score (nSPS) is 15.0. The molecule has 2 unspecified atom stereocenters. The van der Waals surface area contributed by atoms with Crippen LogP contribution in [0.15, 0.2) is 24.3 Å². The van der Waals surface area contributed by atoms with Gasteiger partial charge in [-0.3, -0.25) is 0 Å². The minimum atomic E-state index is 0.548. The van der Waals surface area contributed by atoms with Crippen LogP contribution in [0.4, 0.5) is 0 Å². The molecule has 0 saturated carbocycles. The van der Waals surface area contributed by atoms with E-state index in [-0.39, 0.29) is 0 Å². The molecule has 0 aliphatic heterocycles. The van der Waals surface area contributed by atoms with Crippen molar-refractivity contribution in [3.05, 3.63) is 29.3 Å². The quantitative estimate of drug-likeness (QED) is 0.876. The number of para-hydroxylation sites is 1. The summed E-state index contributed by atoms with van der Waals surface area (Å²) in [6, 6.07) is 8.93. The Kier molecular flexibility index (Phi) is 4.13. The van der Waals surface area contributed by atoms with E-state index in [0.29, 0.717) is 12.0 Å². The Hall–Kier alpha value is -0.930. The number of nitrogens with one attached hydrogen (secondary N) is 1. The van der Waals surface area contributed by atoms with Crippen LogP contribution < -0.4 is 5.32 Å². The molecule has 0 spiro atoms. The lowest BCUT2D eigenvalue weighted by molar-refractivity contribution is 0.381. The van der Waals surface area contributed by atoms with Crippen LogP contribution in [0.2, 0.25) is 0 Å². The largest absolute Gasteiger partial charge is 0.317 e. The van der Waals surface area contributed by atoms with Crippen LogP contribution >= 0.6 is 11.3 Å². The summed E-state index contributed by atoms with van der Waals surface area (Å²) < 4.78 is 1.30. The summed E-state index contributed by atoms with van der Waals surface area (Å²) in [6.45, 7) is 4.51. The summed E-state index contributed by atoms with van der Waals surface area (Å²) in [7, 11) is 2.03. The predicted molar refractivity (Wildman–Crippen MR) is 75.6 cm³/mol. The summed E-state index contributed by atoms with van der Waals surface area (Å²) in [5.41, 5.74) is 1.14. The first-order chi connectivity index (χ1) is 8.24. The zero-order valence-corrected chi connectivity index (χ0v) is 11.6. The van der Waals surface area contributed by atoms with Gasteiger partial charge < -0.3 is 5.32 Å². The monoisotopic (exact) mass is 248 g/mol. The number of thiazole rings is 1. The maximum atomic E-state index is 4.71. The van der Waals surface area contributed by atoms with Crippen LogP contribution in [0.5, 0.6) is 0 Å². The highest BCUT2D eigenvalue weighted by atomic mass is 32.1. The topological polar surface area (TPSA) is 24.9 Å². The van der Waals surface area contributed by atoms with E-state index in [1.807, 2.05) is 18.4 Å². The van der Waals surface area contributed by atoms with Crippen molar-refractivity contribution >= 4 is 21.6 Å². The van der Waals surface area contributed by atoms with Crippen molar-refractivity contribution in [1.82, 2.24) is 10.3 Å². The van der Waals surface area contributed by atoms with Crippen LogP contribution in [0.3, 0.4) is 0 Å². The molecule has 0 radical (unpaired) electrons. The molecule has 1 heterocycles. The number of aromatic nitrogens is 1. The molecule has 1 N–H and O–H groups in total. The van der Waals surface area contributed by atoms with Gasteiger partial charge in [0.05, 0.1) is 15.2 Å². The highest BCUT2D eigenvalue weighted by Gasteiger charge is 2.16. The van der Waals surface area contributed by atoms with Gasteiger partial charge in [0.25, 0.3) is 0 Å². The molecule has 2 nitrogen and oxygen atoms in total. The predicted octanol–water partition coefficient (Wildman–Crippen LogP) is 3.47. The van der Waals surface area contributed by atoms with Gasteiger partial charge in [0.15, 0.2) is 0 Å². The molecule has 0 aliphatic rings. The summed E-state index contributed by atoms with van der Waals surface area (Å²) in [4.78, 5) is 4.71. The maximum absolute atomic E-state index is 4.71. The fourth-order valence-corrected chi connectivity index (χ4v) is 3.20. The summed E-state index contributed by atoms with van der Waals surface area (Å²) >= 11 is 1.83. The zero-order chi connectivity index (χ0) is 12.3. The van der Waals surface area contributed by atoms with Gasteiger partial charge in [0.2, 0.25) is 0 Å². The highest BCUT2D eigenvalue weighted by Crippen LogP contribution is 2.25. The second-order valence-electron chi connectivity index (χ2n) is 4.53. The lowest BCUT2D eigenvalue weighted by Crippen LogP contribution is -2.31. The molecule has 2 atom stereocenters. The van der Waals surface area contributed by atoms with E-state index in [1.165, 1.54) is 16.1 Å². The lowest BCUT2D eigenvalue weighted by atomic mass is 9.95. The van der Waals surface area contributed by atoms with Crippen molar-refractivity contribution in [3.8, 4) is 0 Å². The first kappa shape index (κ1) is 12.5. The van der Waals surface area contributed by atoms with Gasteiger partial charge in [-0.05, 0) is 32.0 Å². The molecule has 2 aromatic rings. The van der Waals surface area contributed by atoms with Gasteiger partial charge in [0, 0.05) is 12.5 Å². The molecule has 0 fully saturated rings. The number of fused-ring (bicyclic) bond motifs is 1. The number of hydrogen-bond donors (Lipinski definition) is 1. The molecule has 0 bridgehead atoms. The fourth-order valence-electron chi connectivity index (χ4n) is 2.14. The van der Waals surface area contributed by atoms with Crippen molar-refractivity contribution in [2.24, 2.45) is 5.92 Å². The first-order valence-electron chi connectivity index (χ1n) is 6.26. The Balaban J connectivity index is 2.16. The number of nitrogens with zero attached hydrogens (tertiary/aromatic N) is 1. The van der Waals surface area contributed by atoms with Crippen molar-refractivity contribution < 1.29 is 0 Å². The van der Waals surface area contributed by atoms with Gasteiger partial charge in [-0.25, -0.2) is 4.98 Å². The van der Waals surface area contributed by atoms with Crippen LogP contribution in [-0.4, -0.2) is 18.1 Å². The average molecular weight is 248 g/mol. The minimum absolute atomic E-state index is 0.548. The summed E-state index contributed by atoms with van der Waals surface area (Å²) in [5.74, 6) is 0.667. The Morgan fingerprint density at radius 2 is 2.12 bits per heavy atom. The Labute approximate surface area is 107 Å². The van der Waals surface area contributed by atoms with Gasteiger partial charge >= 0.3 is 0 Å². The molecular formula is C14H20N2S. The van der Waals surface area contributed by atoms with E-state index in [1.54, 1.807) is 0 Å². The van der Waals surface area contributed by atoms with Crippen molar-refractivity contribution in [2.45, 2.75) is 32.7 Å². The minimum Gasteiger partial charge on any atom is -0.317 e. The SMILES string of the molecule is CCC(Cc1nc2ccccc2s1)C(C)NC. The molecular weight excluding hydrogens is 228 g/mol. The van der Waals surface area contributed by atoms with Gasteiger partial charge in [0.1, 0.15) is 0 Å². The van der Waals surface area contributed by atoms with Gasteiger partial charge in [-0.1, -0.05) is 25.5 Å². The molecule has 1 aromatic carbocycles. The molecule has 3 heteroatoms. The third-order valence-electron chi connectivity index (χ3n) is 3.46. The molecule has 92 valence electrons. The standard InChI is InChI=1S/C14H20N2S/c1-4-11(10(2)15-3)9-14-16-12-7-5-6-8-13(12)17-14/h5-8,10-11,15H,4,9H2,1-3H3. The van der Waals surface area contributed by atoms with Gasteiger partial charge in [-0.2, -0.15) is 0 Å². The lowest BCUT2D eigenvalue weighted by Gasteiger charge is -2.20. The van der Waals surface area contributed by atoms with Crippen molar-refractivity contribution in [3.63, 3.8) is 0 Å².